The predicted molar refractivity (Wildman–Crippen MR) is 89.4 cm³/mol. The second-order valence-corrected chi connectivity index (χ2v) is 4.95. The van der Waals surface area contributed by atoms with E-state index in [-0.39, 0.29) is 0 Å². The Labute approximate surface area is 132 Å². The average Bonchev–Trinajstić information content (AvgIpc) is 2.59. The first-order chi connectivity index (χ1) is 10.8. The lowest BCUT2D eigenvalue weighted by molar-refractivity contribution is 0.355. The summed E-state index contributed by atoms with van der Waals surface area (Å²) in [7, 11) is 4.97. The van der Waals surface area contributed by atoms with Crippen LogP contribution in [-0.4, -0.2) is 27.9 Å². The smallest absolute Gasteiger partial charge is 0.162 e. The molecule has 0 amide bonds. The standard InChI is InChI=1S/C18H23NO3/c1-20-16-9-6-14(7-10-16)5-4-12-19-15-8-11-17(21-2)18(13-15)22-3/h6-11,13,19H,4-5,12H2,1-3H3. The fraction of sp³-hybridized carbons (Fsp3) is 0.333. The summed E-state index contributed by atoms with van der Waals surface area (Å²) in [5.74, 6) is 2.38. The molecule has 4 nitrogen and oxygen atoms in total. The summed E-state index contributed by atoms with van der Waals surface area (Å²) < 4.78 is 15.7. The summed E-state index contributed by atoms with van der Waals surface area (Å²) in [6, 6.07) is 14.1. The zero-order valence-electron chi connectivity index (χ0n) is 13.4. The van der Waals surface area contributed by atoms with Crippen LogP contribution < -0.4 is 19.5 Å². The number of anilines is 1. The molecular weight excluding hydrogens is 278 g/mol. The highest BCUT2D eigenvalue weighted by Crippen LogP contribution is 2.29. The van der Waals surface area contributed by atoms with Gasteiger partial charge in [-0.05, 0) is 42.7 Å². The van der Waals surface area contributed by atoms with Crippen molar-refractivity contribution in [1.82, 2.24) is 0 Å². The van der Waals surface area contributed by atoms with Crippen molar-refractivity contribution >= 4 is 5.69 Å². The van der Waals surface area contributed by atoms with Crippen LogP contribution in [0.2, 0.25) is 0 Å². The molecule has 0 bridgehead atoms. The highest BCUT2D eigenvalue weighted by molar-refractivity contribution is 5.54. The molecule has 0 unspecified atom stereocenters. The fourth-order valence-electron chi connectivity index (χ4n) is 2.26. The van der Waals surface area contributed by atoms with Gasteiger partial charge in [-0.2, -0.15) is 0 Å². The maximum Gasteiger partial charge on any atom is 0.162 e. The van der Waals surface area contributed by atoms with Crippen LogP contribution in [0.25, 0.3) is 0 Å². The van der Waals surface area contributed by atoms with E-state index < -0.39 is 0 Å². The van der Waals surface area contributed by atoms with Gasteiger partial charge in [0.15, 0.2) is 11.5 Å². The molecule has 0 heterocycles. The normalized spacial score (nSPS) is 10.1. The van der Waals surface area contributed by atoms with Gasteiger partial charge >= 0.3 is 0 Å². The van der Waals surface area contributed by atoms with Crippen LogP contribution in [0.5, 0.6) is 17.2 Å². The minimum atomic E-state index is 0.739. The maximum atomic E-state index is 5.30. The molecule has 0 aliphatic heterocycles. The van der Waals surface area contributed by atoms with Crippen molar-refractivity contribution in [2.24, 2.45) is 0 Å². The van der Waals surface area contributed by atoms with Crippen molar-refractivity contribution in [2.45, 2.75) is 12.8 Å². The van der Waals surface area contributed by atoms with E-state index in [0.29, 0.717) is 0 Å². The number of ether oxygens (including phenoxy) is 3. The molecule has 1 N–H and O–H groups in total. The molecule has 0 aliphatic carbocycles. The summed E-state index contributed by atoms with van der Waals surface area (Å²) in [6.07, 6.45) is 2.09. The van der Waals surface area contributed by atoms with Crippen molar-refractivity contribution in [3.63, 3.8) is 0 Å². The third-order valence-electron chi connectivity index (χ3n) is 3.51. The number of aryl methyl sites for hydroxylation is 1. The average molecular weight is 301 g/mol. The van der Waals surface area contributed by atoms with Gasteiger partial charge in [0.25, 0.3) is 0 Å². The molecule has 2 aromatic rings. The van der Waals surface area contributed by atoms with E-state index in [1.54, 1.807) is 21.3 Å². The van der Waals surface area contributed by atoms with Crippen LogP contribution in [0, 0.1) is 0 Å². The summed E-state index contributed by atoms with van der Waals surface area (Å²) in [4.78, 5) is 0. The van der Waals surface area contributed by atoms with Gasteiger partial charge in [-0.1, -0.05) is 12.1 Å². The van der Waals surface area contributed by atoms with Crippen LogP contribution in [0.4, 0.5) is 5.69 Å². The lowest BCUT2D eigenvalue weighted by atomic mass is 10.1. The molecule has 0 radical (unpaired) electrons. The molecule has 0 atom stereocenters. The number of hydrogen-bond donors (Lipinski definition) is 1. The van der Waals surface area contributed by atoms with Gasteiger partial charge in [0.1, 0.15) is 5.75 Å². The third-order valence-corrected chi connectivity index (χ3v) is 3.51. The first-order valence-electron chi connectivity index (χ1n) is 7.35. The molecule has 0 spiro atoms. The van der Waals surface area contributed by atoms with Crippen LogP contribution in [0.15, 0.2) is 42.5 Å². The Morgan fingerprint density at radius 1 is 0.818 bits per heavy atom. The summed E-state index contributed by atoms with van der Waals surface area (Å²) >= 11 is 0. The fourth-order valence-corrected chi connectivity index (χ4v) is 2.26. The molecule has 0 saturated heterocycles. The van der Waals surface area contributed by atoms with E-state index in [2.05, 4.69) is 17.4 Å². The van der Waals surface area contributed by atoms with E-state index in [4.69, 9.17) is 14.2 Å². The zero-order chi connectivity index (χ0) is 15.8. The van der Waals surface area contributed by atoms with Gasteiger partial charge in [0.05, 0.1) is 21.3 Å². The predicted octanol–water partition coefficient (Wildman–Crippen LogP) is 3.76. The largest absolute Gasteiger partial charge is 0.497 e. The van der Waals surface area contributed by atoms with E-state index in [9.17, 15) is 0 Å². The summed E-state index contributed by atoms with van der Waals surface area (Å²) in [5, 5.41) is 3.40. The summed E-state index contributed by atoms with van der Waals surface area (Å²) in [5.41, 5.74) is 2.35. The monoisotopic (exact) mass is 301 g/mol. The van der Waals surface area contributed by atoms with Crippen molar-refractivity contribution in [1.29, 1.82) is 0 Å². The Morgan fingerprint density at radius 3 is 2.18 bits per heavy atom. The molecule has 4 heteroatoms. The van der Waals surface area contributed by atoms with Gasteiger partial charge in [-0.15, -0.1) is 0 Å². The van der Waals surface area contributed by atoms with Crippen molar-refractivity contribution in [3.05, 3.63) is 48.0 Å². The zero-order valence-corrected chi connectivity index (χ0v) is 13.4. The molecule has 118 valence electrons. The van der Waals surface area contributed by atoms with Gasteiger partial charge in [0, 0.05) is 18.3 Å². The minimum absolute atomic E-state index is 0.739. The third kappa shape index (κ3) is 4.32. The number of hydrogen-bond acceptors (Lipinski definition) is 4. The first-order valence-corrected chi connectivity index (χ1v) is 7.35. The maximum absolute atomic E-state index is 5.30. The van der Waals surface area contributed by atoms with Crippen LogP contribution in [0.1, 0.15) is 12.0 Å². The lowest BCUT2D eigenvalue weighted by Crippen LogP contribution is -2.03. The molecule has 0 fully saturated rings. The first kappa shape index (κ1) is 16.0. The van der Waals surface area contributed by atoms with Gasteiger partial charge in [-0.25, -0.2) is 0 Å². The van der Waals surface area contributed by atoms with Gasteiger partial charge < -0.3 is 19.5 Å². The Balaban J connectivity index is 1.80. The lowest BCUT2D eigenvalue weighted by Gasteiger charge is -2.11. The minimum Gasteiger partial charge on any atom is -0.497 e. The van der Waals surface area contributed by atoms with E-state index in [1.807, 2.05) is 30.3 Å². The highest BCUT2D eigenvalue weighted by atomic mass is 16.5. The van der Waals surface area contributed by atoms with E-state index >= 15 is 0 Å². The molecule has 0 aromatic heterocycles. The van der Waals surface area contributed by atoms with Crippen LogP contribution >= 0.6 is 0 Å². The van der Waals surface area contributed by atoms with Crippen molar-refractivity contribution in [2.75, 3.05) is 33.2 Å². The quantitative estimate of drug-likeness (QED) is 0.754. The van der Waals surface area contributed by atoms with E-state index in [0.717, 1.165) is 42.3 Å². The van der Waals surface area contributed by atoms with Crippen LogP contribution in [-0.2, 0) is 6.42 Å². The number of benzene rings is 2. The second-order valence-electron chi connectivity index (χ2n) is 4.95. The second kappa shape index (κ2) is 8.17. The Bertz CT molecular complexity index is 581. The van der Waals surface area contributed by atoms with Crippen molar-refractivity contribution < 1.29 is 14.2 Å². The van der Waals surface area contributed by atoms with Gasteiger partial charge in [-0.3, -0.25) is 0 Å². The number of methoxy groups -OCH3 is 3. The summed E-state index contributed by atoms with van der Waals surface area (Å²) in [6.45, 7) is 0.904. The Hall–Kier alpha value is -2.36. The molecule has 0 saturated carbocycles. The molecule has 2 rings (SSSR count). The SMILES string of the molecule is COc1ccc(CCCNc2ccc(OC)c(OC)c2)cc1. The Morgan fingerprint density at radius 2 is 1.55 bits per heavy atom. The molecule has 22 heavy (non-hydrogen) atoms. The highest BCUT2D eigenvalue weighted by Gasteiger charge is 2.04. The van der Waals surface area contributed by atoms with Crippen LogP contribution in [0.3, 0.4) is 0 Å². The molecule has 2 aromatic carbocycles. The van der Waals surface area contributed by atoms with Crippen molar-refractivity contribution in [3.8, 4) is 17.2 Å². The topological polar surface area (TPSA) is 39.7 Å². The number of rotatable bonds is 8. The molecule has 0 aliphatic rings. The van der Waals surface area contributed by atoms with E-state index in [1.165, 1.54) is 5.56 Å². The number of nitrogens with one attached hydrogen (secondary N) is 1. The molecular formula is C18H23NO3. The Kier molecular flexibility index (Phi) is 5.95. The van der Waals surface area contributed by atoms with Gasteiger partial charge in [0.2, 0.25) is 0 Å².